The van der Waals surface area contributed by atoms with Gasteiger partial charge in [-0.3, -0.25) is 4.79 Å². The molecule has 1 fully saturated rings. The SMILES string of the molecule is CC(=O)Oc1ccccc1/C=C1/CCOC1=O. The Labute approximate surface area is 98.8 Å². The number of rotatable bonds is 2. The summed E-state index contributed by atoms with van der Waals surface area (Å²) in [5.41, 5.74) is 1.31. The molecule has 1 aromatic carbocycles. The van der Waals surface area contributed by atoms with Gasteiger partial charge in [-0.05, 0) is 12.1 Å². The molecule has 1 aliphatic heterocycles. The van der Waals surface area contributed by atoms with E-state index in [1.807, 2.05) is 6.07 Å². The molecule has 0 bridgehead atoms. The van der Waals surface area contributed by atoms with Crippen LogP contribution in [0.2, 0.25) is 0 Å². The Morgan fingerprint density at radius 2 is 2.18 bits per heavy atom. The number of para-hydroxylation sites is 1. The summed E-state index contributed by atoms with van der Waals surface area (Å²) in [5, 5.41) is 0. The van der Waals surface area contributed by atoms with Crippen LogP contribution in [-0.4, -0.2) is 18.5 Å². The fourth-order valence-corrected chi connectivity index (χ4v) is 1.61. The highest BCUT2D eigenvalue weighted by Gasteiger charge is 2.19. The Balaban J connectivity index is 2.31. The molecule has 2 rings (SSSR count). The molecule has 1 saturated heterocycles. The highest BCUT2D eigenvalue weighted by atomic mass is 16.5. The predicted octanol–water partition coefficient (Wildman–Crippen LogP) is 1.94. The minimum Gasteiger partial charge on any atom is -0.462 e. The molecule has 0 unspecified atom stereocenters. The van der Waals surface area contributed by atoms with E-state index in [-0.39, 0.29) is 11.9 Å². The van der Waals surface area contributed by atoms with Gasteiger partial charge in [0.15, 0.2) is 0 Å². The van der Waals surface area contributed by atoms with Gasteiger partial charge in [0, 0.05) is 24.5 Å². The Hall–Kier alpha value is -2.10. The number of ether oxygens (including phenoxy) is 2. The van der Waals surface area contributed by atoms with Crippen molar-refractivity contribution < 1.29 is 19.1 Å². The molecule has 0 N–H and O–H groups in total. The van der Waals surface area contributed by atoms with Crippen molar-refractivity contribution in [1.82, 2.24) is 0 Å². The highest BCUT2D eigenvalue weighted by Crippen LogP contribution is 2.24. The van der Waals surface area contributed by atoms with Crippen molar-refractivity contribution in [3.63, 3.8) is 0 Å². The van der Waals surface area contributed by atoms with Crippen LogP contribution in [0.1, 0.15) is 18.9 Å². The molecule has 17 heavy (non-hydrogen) atoms. The van der Waals surface area contributed by atoms with E-state index in [1.54, 1.807) is 24.3 Å². The first kappa shape index (κ1) is 11.4. The number of cyclic esters (lactones) is 1. The van der Waals surface area contributed by atoms with Gasteiger partial charge in [0.2, 0.25) is 0 Å². The van der Waals surface area contributed by atoms with Crippen molar-refractivity contribution in [3.05, 3.63) is 35.4 Å². The van der Waals surface area contributed by atoms with Gasteiger partial charge in [-0.15, -0.1) is 0 Å². The molecule has 4 nitrogen and oxygen atoms in total. The van der Waals surface area contributed by atoms with Crippen LogP contribution in [0.5, 0.6) is 5.75 Å². The van der Waals surface area contributed by atoms with Crippen LogP contribution >= 0.6 is 0 Å². The lowest BCUT2D eigenvalue weighted by atomic mass is 10.1. The lowest BCUT2D eigenvalue weighted by molar-refractivity contribution is -0.135. The lowest BCUT2D eigenvalue weighted by Crippen LogP contribution is -2.03. The maximum Gasteiger partial charge on any atom is 0.334 e. The van der Waals surface area contributed by atoms with E-state index in [0.717, 1.165) is 0 Å². The van der Waals surface area contributed by atoms with Crippen LogP contribution in [-0.2, 0) is 14.3 Å². The van der Waals surface area contributed by atoms with Crippen molar-refractivity contribution >= 4 is 18.0 Å². The lowest BCUT2D eigenvalue weighted by Gasteiger charge is -2.05. The smallest absolute Gasteiger partial charge is 0.334 e. The van der Waals surface area contributed by atoms with E-state index in [0.29, 0.717) is 29.9 Å². The molecule has 1 heterocycles. The monoisotopic (exact) mass is 232 g/mol. The molecule has 0 amide bonds. The zero-order valence-corrected chi connectivity index (χ0v) is 9.43. The Kier molecular flexibility index (Phi) is 3.23. The normalized spacial score (nSPS) is 17.0. The van der Waals surface area contributed by atoms with Crippen molar-refractivity contribution in [2.24, 2.45) is 0 Å². The third kappa shape index (κ3) is 2.72. The maximum atomic E-state index is 11.3. The van der Waals surface area contributed by atoms with Crippen LogP contribution in [0, 0.1) is 0 Å². The van der Waals surface area contributed by atoms with E-state index < -0.39 is 0 Å². The van der Waals surface area contributed by atoms with E-state index in [2.05, 4.69) is 0 Å². The second-order valence-corrected chi connectivity index (χ2v) is 3.69. The summed E-state index contributed by atoms with van der Waals surface area (Å²) in [6.45, 7) is 1.76. The molecule has 0 radical (unpaired) electrons. The second kappa shape index (κ2) is 4.82. The number of benzene rings is 1. The molecule has 1 aromatic rings. The van der Waals surface area contributed by atoms with E-state index >= 15 is 0 Å². The predicted molar refractivity (Wildman–Crippen MR) is 61.3 cm³/mol. The third-order valence-electron chi connectivity index (χ3n) is 2.37. The highest BCUT2D eigenvalue weighted by molar-refractivity contribution is 5.95. The number of hydrogen-bond acceptors (Lipinski definition) is 4. The molecular weight excluding hydrogens is 220 g/mol. The number of esters is 2. The van der Waals surface area contributed by atoms with Gasteiger partial charge >= 0.3 is 11.9 Å². The number of carbonyl (C=O) groups excluding carboxylic acids is 2. The standard InChI is InChI=1S/C13H12O4/c1-9(14)17-12-5-3-2-4-10(12)8-11-6-7-16-13(11)15/h2-5,8H,6-7H2,1H3/b11-8-. The molecule has 0 aromatic heterocycles. The summed E-state index contributed by atoms with van der Waals surface area (Å²) in [4.78, 5) is 22.2. The molecule has 1 aliphatic rings. The van der Waals surface area contributed by atoms with Crippen molar-refractivity contribution in [2.75, 3.05) is 6.61 Å². The summed E-state index contributed by atoms with van der Waals surface area (Å²) in [5.74, 6) is -0.236. The molecule has 0 atom stereocenters. The van der Waals surface area contributed by atoms with Gasteiger partial charge in [0.1, 0.15) is 5.75 Å². The Morgan fingerprint density at radius 3 is 2.82 bits per heavy atom. The van der Waals surface area contributed by atoms with Crippen molar-refractivity contribution in [3.8, 4) is 5.75 Å². The minimum atomic E-state index is -0.384. The van der Waals surface area contributed by atoms with Gasteiger partial charge in [0.05, 0.1) is 6.61 Å². The van der Waals surface area contributed by atoms with Gasteiger partial charge in [-0.1, -0.05) is 18.2 Å². The first-order valence-electron chi connectivity index (χ1n) is 5.32. The van der Waals surface area contributed by atoms with E-state index in [9.17, 15) is 9.59 Å². The fourth-order valence-electron chi connectivity index (χ4n) is 1.61. The molecule has 88 valence electrons. The zero-order valence-electron chi connectivity index (χ0n) is 9.43. The third-order valence-corrected chi connectivity index (χ3v) is 2.37. The molecule has 0 aliphatic carbocycles. The quantitative estimate of drug-likeness (QED) is 0.444. The average Bonchev–Trinajstić information content (AvgIpc) is 2.67. The Bertz CT molecular complexity index is 488. The van der Waals surface area contributed by atoms with Gasteiger partial charge in [-0.2, -0.15) is 0 Å². The first-order valence-corrected chi connectivity index (χ1v) is 5.32. The molecular formula is C13H12O4. The molecule has 4 heteroatoms. The van der Waals surface area contributed by atoms with Gasteiger partial charge < -0.3 is 9.47 Å². The molecule has 0 saturated carbocycles. The van der Waals surface area contributed by atoms with E-state index in [1.165, 1.54) is 6.92 Å². The number of carbonyl (C=O) groups is 2. The van der Waals surface area contributed by atoms with Crippen LogP contribution in [0.3, 0.4) is 0 Å². The Morgan fingerprint density at radius 1 is 1.41 bits per heavy atom. The van der Waals surface area contributed by atoms with Crippen LogP contribution in [0.25, 0.3) is 6.08 Å². The fraction of sp³-hybridized carbons (Fsp3) is 0.231. The topological polar surface area (TPSA) is 52.6 Å². The van der Waals surface area contributed by atoms with Crippen LogP contribution < -0.4 is 4.74 Å². The summed E-state index contributed by atoms with van der Waals surface area (Å²) in [6, 6.07) is 7.07. The summed E-state index contributed by atoms with van der Waals surface area (Å²) < 4.78 is 9.90. The van der Waals surface area contributed by atoms with Crippen LogP contribution in [0.15, 0.2) is 29.8 Å². The number of hydrogen-bond donors (Lipinski definition) is 0. The summed E-state index contributed by atoms with van der Waals surface area (Å²) >= 11 is 0. The zero-order chi connectivity index (χ0) is 12.3. The van der Waals surface area contributed by atoms with E-state index in [4.69, 9.17) is 9.47 Å². The van der Waals surface area contributed by atoms with Crippen LogP contribution in [0.4, 0.5) is 0 Å². The summed E-state index contributed by atoms with van der Waals surface area (Å²) in [7, 11) is 0. The van der Waals surface area contributed by atoms with Crippen molar-refractivity contribution in [2.45, 2.75) is 13.3 Å². The first-order chi connectivity index (χ1) is 8.16. The van der Waals surface area contributed by atoms with Gasteiger partial charge in [0.25, 0.3) is 0 Å². The largest absolute Gasteiger partial charge is 0.462 e. The summed E-state index contributed by atoms with van der Waals surface area (Å²) in [6.07, 6.45) is 2.29. The van der Waals surface area contributed by atoms with Gasteiger partial charge in [-0.25, -0.2) is 4.79 Å². The maximum absolute atomic E-state index is 11.3. The molecule has 0 spiro atoms. The minimum absolute atomic E-state index is 0.303. The average molecular weight is 232 g/mol. The van der Waals surface area contributed by atoms with Crippen molar-refractivity contribution in [1.29, 1.82) is 0 Å². The second-order valence-electron chi connectivity index (χ2n) is 3.69.